The molecule has 0 fully saturated rings. The summed E-state index contributed by atoms with van der Waals surface area (Å²) >= 11 is 0. The van der Waals surface area contributed by atoms with Crippen LogP contribution in [0.25, 0.3) is 6.08 Å². The molecule has 64 valence electrons. The minimum atomic E-state index is 0.360. The van der Waals surface area contributed by atoms with Gasteiger partial charge in [0.15, 0.2) is 0 Å². The van der Waals surface area contributed by atoms with Crippen LogP contribution < -0.4 is 0 Å². The van der Waals surface area contributed by atoms with Crippen molar-refractivity contribution in [2.75, 3.05) is 12.5 Å². The summed E-state index contributed by atoms with van der Waals surface area (Å²) < 4.78 is 0. The van der Waals surface area contributed by atoms with E-state index in [1.54, 1.807) is 0 Å². The lowest BCUT2D eigenvalue weighted by atomic mass is 10.3. The average molecular weight is 180 g/mol. The first-order valence-electron chi connectivity index (χ1n) is 3.87. The van der Waals surface area contributed by atoms with Gasteiger partial charge in [-0.2, -0.15) is 0 Å². The zero-order chi connectivity index (χ0) is 8.97. The summed E-state index contributed by atoms with van der Waals surface area (Å²) in [6.07, 6.45) is 8.40. The first-order valence-corrected chi connectivity index (χ1v) is 5.91. The fraction of sp³-hybridized carbons (Fsp3) is 0.300. The maximum atomic E-state index is 4.23. The second kappa shape index (κ2) is 4.31. The number of aromatic nitrogens is 1. The molecule has 1 aromatic rings. The monoisotopic (exact) mass is 180 g/mol. The quantitative estimate of drug-likeness (QED) is 0.636. The van der Waals surface area contributed by atoms with Gasteiger partial charge in [-0.15, -0.1) is 0 Å². The van der Waals surface area contributed by atoms with Crippen LogP contribution in [0, 0.1) is 0 Å². The minimum absolute atomic E-state index is 0.360. The maximum Gasteiger partial charge on any atom is 0.130 e. The van der Waals surface area contributed by atoms with Crippen molar-refractivity contribution in [1.29, 1.82) is 0 Å². The lowest BCUT2D eigenvalue weighted by molar-refractivity contribution is 1.29. The molecule has 0 saturated carbocycles. The van der Waals surface area contributed by atoms with Crippen molar-refractivity contribution in [2.24, 2.45) is 0 Å². The van der Waals surface area contributed by atoms with Crippen LogP contribution in [0.1, 0.15) is 12.6 Å². The highest BCUT2D eigenvalue weighted by Gasteiger charge is 2.05. The highest BCUT2D eigenvalue weighted by molar-refractivity contribution is 7.99. The molecule has 0 N–H and O–H groups in total. The normalized spacial score (nSPS) is 12.2. The molecule has 1 aromatic heterocycles. The summed E-state index contributed by atoms with van der Waals surface area (Å²) in [5.41, 5.74) is 1.05. The Kier molecular flexibility index (Phi) is 3.35. The first-order chi connectivity index (χ1) is 5.70. The van der Waals surface area contributed by atoms with E-state index in [2.05, 4.69) is 30.5 Å². The van der Waals surface area contributed by atoms with Crippen molar-refractivity contribution in [1.82, 2.24) is 4.98 Å². The van der Waals surface area contributed by atoms with Crippen molar-refractivity contribution in [3.63, 3.8) is 0 Å². The molecule has 0 unspecified atom stereocenters. The third-order valence-corrected chi connectivity index (χ3v) is 3.09. The molecule has 12 heavy (non-hydrogen) atoms. The molecule has 0 aliphatic heterocycles. The maximum absolute atomic E-state index is 4.23. The molecule has 1 heterocycles. The fourth-order valence-corrected chi connectivity index (χ4v) is 1.14. The Morgan fingerprint density at radius 1 is 1.42 bits per heavy atom. The van der Waals surface area contributed by atoms with E-state index < -0.39 is 0 Å². The van der Waals surface area contributed by atoms with Gasteiger partial charge >= 0.3 is 0 Å². The molecule has 0 amide bonds. The number of rotatable bonds is 2. The molecule has 0 aliphatic carbocycles. The van der Waals surface area contributed by atoms with Gasteiger partial charge in [0.25, 0.3) is 0 Å². The van der Waals surface area contributed by atoms with E-state index in [-0.39, 0.29) is 0 Å². The predicted molar refractivity (Wildman–Crippen MR) is 57.1 cm³/mol. The molecule has 0 bridgehead atoms. The Morgan fingerprint density at radius 2 is 2.17 bits per heavy atom. The largest absolute Gasteiger partial charge is 0.257 e. The van der Waals surface area contributed by atoms with Gasteiger partial charge in [0.2, 0.25) is 0 Å². The first kappa shape index (κ1) is 9.33. The number of allylic oxidation sites excluding steroid dienone is 1. The Balaban J connectivity index is 2.81. The van der Waals surface area contributed by atoms with Crippen molar-refractivity contribution in [3.05, 3.63) is 35.0 Å². The van der Waals surface area contributed by atoms with Gasteiger partial charge in [-0.1, -0.05) is 6.07 Å². The highest BCUT2D eigenvalue weighted by Crippen LogP contribution is 2.08. The van der Waals surface area contributed by atoms with Crippen molar-refractivity contribution in [2.45, 2.75) is 6.92 Å². The summed E-state index contributed by atoms with van der Waals surface area (Å²) in [7, 11) is 0.360. The zero-order valence-electron chi connectivity index (χ0n) is 7.74. The van der Waals surface area contributed by atoms with Crippen molar-refractivity contribution >= 4 is 17.0 Å². The standard InChI is InChI=1S/C10H14NS/c1-9(12(2)3)8-10-6-4-5-7-11-10/h4-8H,1-3H3/q+1/b9-8+. The highest BCUT2D eigenvalue weighted by atomic mass is 32.2. The van der Waals surface area contributed by atoms with Crippen molar-refractivity contribution in [3.8, 4) is 0 Å². The van der Waals surface area contributed by atoms with Crippen LogP contribution in [-0.4, -0.2) is 17.5 Å². The molecule has 2 heteroatoms. The van der Waals surface area contributed by atoms with Crippen LogP contribution >= 0.6 is 0 Å². The third-order valence-electron chi connectivity index (χ3n) is 1.68. The molecule has 0 aliphatic rings. The molecular formula is C10H14NS+. The Morgan fingerprint density at radius 3 is 2.67 bits per heavy atom. The Labute approximate surface area is 76.9 Å². The predicted octanol–water partition coefficient (Wildman–Crippen LogP) is 2.32. The van der Waals surface area contributed by atoms with Gasteiger partial charge in [0.05, 0.1) is 5.69 Å². The van der Waals surface area contributed by atoms with Crippen molar-refractivity contribution < 1.29 is 0 Å². The van der Waals surface area contributed by atoms with E-state index in [1.807, 2.05) is 24.4 Å². The molecule has 0 aromatic carbocycles. The SMILES string of the molecule is C/C(=C\c1ccccn1)[S+](C)C. The molecular weight excluding hydrogens is 166 g/mol. The van der Waals surface area contributed by atoms with E-state index in [1.165, 1.54) is 4.91 Å². The van der Waals surface area contributed by atoms with E-state index in [0.717, 1.165) is 5.69 Å². The van der Waals surface area contributed by atoms with E-state index in [0.29, 0.717) is 10.9 Å². The van der Waals surface area contributed by atoms with Gasteiger partial charge in [-0.05, 0) is 12.1 Å². The van der Waals surface area contributed by atoms with Crippen LogP contribution in [0.3, 0.4) is 0 Å². The molecule has 0 radical (unpaired) electrons. The van der Waals surface area contributed by atoms with Crippen LogP contribution in [0.2, 0.25) is 0 Å². The molecule has 0 atom stereocenters. The third kappa shape index (κ3) is 2.70. The summed E-state index contributed by atoms with van der Waals surface area (Å²) in [6, 6.07) is 5.97. The summed E-state index contributed by atoms with van der Waals surface area (Å²) in [4.78, 5) is 5.63. The Bertz CT molecular complexity index is 264. The van der Waals surface area contributed by atoms with E-state index >= 15 is 0 Å². The van der Waals surface area contributed by atoms with Gasteiger partial charge in [0.1, 0.15) is 17.4 Å². The second-order valence-corrected chi connectivity index (χ2v) is 5.10. The fourth-order valence-electron chi connectivity index (χ4n) is 0.787. The van der Waals surface area contributed by atoms with Crippen LogP contribution in [-0.2, 0) is 10.9 Å². The van der Waals surface area contributed by atoms with Crippen LogP contribution in [0.4, 0.5) is 0 Å². The lowest BCUT2D eigenvalue weighted by Crippen LogP contribution is -1.95. The van der Waals surface area contributed by atoms with E-state index in [9.17, 15) is 0 Å². The lowest BCUT2D eigenvalue weighted by Gasteiger charge is -1.95. The number of nitrogens with zero attached hydrogens (tertiary/aromatic N) is 1. The summed E-state index contributed by atoms with van der Waals surface area (Å²) in [6.45, 7) is 2.15. The van der Waals surface area contributed by atoms with Gasteiger partial charge in [-0.3, -0.25) is 4.98 Å². The van der Waals surface area contributed by atoms with E-state index in [4.69, 9.17) is 0 Å². The topological polar surface area (TPSA) is 12.9 Å². The summed E-state index contributed by atoms with van der Waals surface area (Å²) in [5.74, 6) is 0. The number of pyridine rings is 1. The smallest absolute Gasteiger partial charge is 0.130 e. The second-order valence-electron chi connectivity index (χ2n) is 2.83. The average Bonchev–Trinajstić information content (AvgIpc) is 2.06. The van der Waals surface area contributed by atoms with Crippen LogP contribution in [0.15, 0.2) is 29.3 Å². The zero-order valence-corrected chi connectivity index (χ0v) is 8.56. The van der Waals surface area contributed by atoms with Gasteiger partial charge in [0, 0.05) is 30.1 Å². The molecule has 1 nitrogen and oxygen atoms in total. The molecule has 0 spiro atoms. The van der Waals surface area contributed by atoms with Crippen LogP contribution in [0.5, 0.6) is 0 Å². The van der Waals surface area contributed by atoms with Gasteiger partial charge < -0.3 is 0 Å². The summed E-state index contributed by atoms with van der Waals surface area (Å²) in [5, 5.41) is 0. The minimum Gasteiger partial charge on any atom is -0.257 e. The Hall–Kier alpha value is -0.760. The van der Waals surface area contributed by atoms with Gasteiger partial charge in [-0.25, -0.2) is 0 Å². The molecule has 1 rings (SSSR count). The number of hydrogen-bond donors (Lipinski definition) is 0. The molecule has 0 saturated heterocycles. The number of hydrogen-bond acceptors (Lipinski definition) is 1.